The predicted octanol–water partition coefficient (Wildman–Crippen LogP) is 3.16. The Balaban J connectivity index is 1.92. The minimum atomic E-state index is 0.0283. The molecule has 0 spiro atoms. The number of hydrogen-bond acceptors (Lipinski definition) is 3. The van der Waals surface area contributed by atoms with Gasteiger partial charge in [-0.1, -0.05) is 30.3 Å². The normalized spacial score (nSPS) is 11.3. The number of aryl methyl sites for hydroxylation is 1. The fourth-order valence-corrected chi connectivity index (χ4v) is 3.35. The maximum absolute atomic E-state index is 12.5. The van der Waals surface area contributed by atoms with Gasteiger partial charge in [0, 0.05) is 29.4 Å². The number of carbonyl (C=O) groups excluding carboxylic acids is 1. The molecule has 26 heavy (non-hydrogen) atoms. The Kier molecular flexibility index (Phi) is 8.15. The van der Waals surface area contributed by atoms with Crippen LogP contribution in [0.5, 0.6) is 0 Å². The number of thiophene rings is 1. The van der Waals surface area contributed by atoms with Crippen molar-refractivity contribution in [3.05, 3.63) is 57.8 Å². The summed E-state index contributed by atoms with van der Waals surface area (Å²) >= 11 is 1.76. The van der Waals surface area contributed by atoms with Gasteiger partial charge in [0.15, 0.2) is 5.96 Å². The smallest absolute Gasteiger partial charge is 0.244 e. The third-order valence-electron chi connectivity index (χ3n) is 3.89. The van der Waals surface area contributed by atoms with E-state index in [1.807, 2.05) is 49.1 Å². The molecule has 6 heteroatoms. The van der Waals surface area contributed by atoms with Crippen LogP contribution in [-0.4, -0.2) is 36.4 Å². The summed E-state index contributed by atoms with van der Waals surface area (Å²) in [6, 6.07) is 14.3. The number of aliphatic imine (C=N–C) groups is 1. The molecule has 0 unspecified atom stereocenters. The van der Waals surface area contributed by atoms with Gasteiger partial charge in [-0.2, -0.15) is 0 Å². The molecule has 2 aromatic rings. The second kappa shape index (κ2) is 10.6. The van der Waals surface area contributed by atoms with E-state index in [0.717, 1.165) is 12.1 Å². The van der Waals surface area contributed by atoms with Crippen LogP contribution in [0.1, 0.15) is 29.2 Å². The van der Waals surface area contributed by atoms with Gasteiger partial charge < -0.3 is 15.5 Å². The van der Waals surface area contributed by atoms with Crippen LogP contribution in [0.2, 0.25) is 0 Å². The highest BCUT2D eigenvalue weighted by atomic mass is 32.1. The van der Waals surface area contributed by atoms with Gasteiger partial charge in [-0.3, -0.25) is 4.79 Å². The molecule has 140 valence electrons. The first-order chi connectivity index (χ1) is 12.6. The lowest BCUT2D eigenvalue weighted by atomic mass is 10.2. The lowest BCUT2D eigenvalue weighted by molar-refractivity contribution is -0.130. The number of hydrogen-bond donors (Lipinski definition) is 2. The van der Waals surface area contributed by atoms with E-state index in [1.54, 1.807) is 11.3 Å². The monoisotopic (exact) mass is 372 g/mol. The first-order valence-corrected chi connectivity index (χ1v) is 9.83. The van der Waals surface area contributed by atoms with Crippen LogP contribution in [0.25, 0.3) is 0 Å². The van der Waals surface area contributed by atoms with Gasteiger partial charge in [0.25, 0.3) is 0 Å². The van der Waals surface area contributed by atoms with Gasteiger partial charge in [-0.05, 0) is 38.5 Å². The van der Waals surface area contributed by atoms with Gasteiger partial charge in [0.2, 0.25) is 5.91 Å². The Labute approximate surface area is 160 Å². The van der Waals surface area contributed by atoms with Crippen LogP contribution in [0, 0.1) is 6.92 Å². The van der Waals surface area contributed by atoms with E-state index in [1.165, 1.54) is 9.75 Å². The van der Waals surface area contributed by atoms with Crippen molar-refractivity contribution in [1.29, 1.82) is 0 Å². The maximum atomic E-state index is 12.5. The van der Waals surface area contributed by atoms with Crippen LogP contribution in [-0.2, 0) is 17.9 Å². The number of nitrogens with one attached hydrogen (secondary N) is 2. The van der Waals surface area contributed by atoms with Crippen molar-refractivity contribution in [3.8, 4) is 0 Å². The lowest BCUT2D eigenvalue weighted by Crippen LogP contribution is -2.38. The van der Waals surface area contributed by atoms with Crippen molar-refractivity contribution in [2.24, 2.45) is 4.99 Å². The molecule has 1 aromatic heterocycles. The molecule has 0 aliphatic carbocycles. The van der Waals surface area contributed by atoms with Crippen LogP contribution < -0.4 is 10.6 Å². The van der Waals surface area contributed by atoms with Crippen LogP contribution in [0.15, 0.2) is 47.5 Å². The molecule has 1 amide bonds. The first-order valence-electron chi connectivity index (χ1n) is 9.01. The molecule has 0 atom stereocenters. The summed E-state index contributed by atoms with van der Waals surface area (Å²) in [5, 5.41) is 6.49. The molecule has 2 N–H and O–H groups in total. The Hall–Kier alpha value is -2.34. The minimum absolute atomic E-state index is 0.0283. The first kappa shape index (κ1) is 20.0. The number of benzene rings is 1. The number of nitrogens with zero attached hydrogens (tertiary/aromatic N) is 2. The standard InChI is InChI=1S/C20H28N4OS/c1-4-21-20(22-13-18-12-11-16(3)26-18)23-14-19(25)24(5-2)15-17-9-7-6-8-10-17/h6-12H,4-5,13-15H2,1-3H3,(H2,21,22,23). The number of carbonyl (C=O) groups is 1. The zero-order chi connectivity index (χ0) is 18.8. The Morgan fingerprint density at radius 1 is 1.12 bits per heavy atom. The van der Waals surface area contributed by atoms with Gasteiger partial charge in [0.1, 0.15) is 6.54 Å². The van der Waals surface area contributed by atoms with E-state index in [2.05, 4.69) is 34.7 Å². The highest BCUT2D eigenvalue weighted by Crippen LogP contribution is 2.14. The molecule has 0 saturated carbocycles. The van der Waals surface area contributed by atoms with Gasteiger partial charge in [-0.25, -0.2) is 4.99 Å². The molecular weight excluding hydrogens is 344 g/mol. The van der Waals surface area contributed by atoms with Crippen LogP contribution in [0.3, 0.4) is 0 Å². The summed E-state index contributed by atoms with van der Waals surface area (Å²) in [6.45, 7) is 8.99. The maximum Gasteiger partial charge on any atom is 0.244 e. The van der Waals surface area contributed by atoms with Crippen molar-refractivity contribution in [1.82, 2.24) is 15.5 Å². The zero-order valence-corrected chi connectivity index (χ0v) is 16.6. The summed E-state index contributed by atoms with van der Waals surface area (Å²) in [7, 11) is 0. The molecule has 0 bridgehead atoms. The average Bonchev–Trinajstić information content (AvgIpc) is 3.08. The molecule has 0 fully saturated rings. The minimum Gasteiger partial charge on any atom is -0.357 e. The van der Waals surface area contributed by atoms with Crippen LogP contribution >= 0.6 is 11.3 Å². The van der Waals surface area contributed by atoms with Crippen LogP contribution in [0.4, 0.5) is 0 Å². The summed E-state index contributed by atoms with van der Waals surface area (Å²) in [5.41, 5.74) is 1.13. The molecule has 0 aliphatic heterocycles. The summed E-state index contributed by atoms with van der Waals surface area (Å²) < 4.78 is 0. The highest BCUT2D eigenvalue weighted by Gasteiger charge is 2.12. The molecule has 2 rings (SSSR count). The summed E-state index contributed by atoms with van der Waals surface area (Å²) in [4.78, 5) is 21.3. The van der Waals surface area contributed by atoms with Crippen molar-refractivity contribution in [3.63, 3.8) is 0 Å². The molecule has 0 radical (unpaired) electrons. The third-order valence-corrected chi connectivity index (χ3v) is 4.89. The average molecular weight is 373 g/mol. The van der Waals surface area contributed by atoms with E-state index < -0.39 is 0 Å². The van der Waals surface area contributed by atoms with Gasteiger partial charge in [0.05, 0.1) is 6.54 Å². The molecule has 1 aromatic carbocycles. The quantitative estimate of drug-likeness (QED) is 0.553. The van der Waals surface area contributed by atoms with Gasteiger partial charge >= 0.3 is 0 Å². The fraction of sp³-hybridized carbons (Fsp3) is 0.400. The van der Waals surface area contributed by atoms with E-state index in [-0.39, 0.29) is 12.5 Å². The molecule has 5 nitrogen and oxygen atoms in total. The second-order valence-corrected chi connectivity index (χ2v) is 7.33. The Morgan fingerprint density at radius 2 is 1.88 bits per heavy atom. The number of likely N-dealkylation sites (N-methyl/N-ethyl adjacent to an activating group) is 1. The predicted molar refractivity (Wildman–Crippen MR) is 109 cm³/mol. The third kappa shape index (κ3) is 6.52. The lowest BCUT2D eigenvalue weighted by Gasteiger charge is -2.20. The topological polar surface area (TPSA) is 56.7 Å². The summed E-state index contributed by atoms with van der Waals surface area (Å²) in [6.07, 6.45) is 0. The molecular formula is C20H28N4OS. The molecule has 1 heterocycles. The van der Waals surface area contributed by atoms with Crippen molar-refractivity contribution in [2.75, 3.05) is 19.6 Å². The number of guanidine groups is 1. The van der Waals surface area contributed by atoms with Crippen molar-refractivity contribution >= 4 is 23.2 Å². The second-order valence-electron chi connectivity index (χ2n) is 5.95. The van der Waals surface area contributed by atoms with E-state index in [0.29, 0.717) is 25.6 Å². The highest BCUT2D eigenvalue weighted by molar-refractivity contribution is 7.11. The zero-order valence-electron chi connectivity index (χ0n) is 15.8. The molecule has 0 saturated heterocycles. The van der Waals surface area contributed by atoms with E-state index in [4.69, 9.17) is 0 Å². The summed E-state index contributed by atoms with van der Waals surface area (Å²) in [5.74, 6) is 0.697. The number of rotatable bonds is 8. The Bertz CT molecular complexity index is 712. The number of amides is 1. The van der Waals surface area contributed by atoms with E-state index in [9.17, 15) is 4.79 Å². The van der Waals surface area contributed by atoms with Crippen molar-refractivity contribution in [2.45, 2.75) is 33.9 Å². The van der Waals surface area contributed by atoms with E-state index >= 15 is 0 Å². The Morgan fingerprint density at radius 3 is 2.50 bits per heavy atom. The van der Waals surface area contributed by atoms with Gasteiger partial charge in [-0.15, -0.1) is 11.3 Å². The largest absolute Gasteiger partial charge is 0.357 e. The fourth-order valence-electron chi connectivity index (χ4n) is 2.52. The molecule has 0 aliphatic rings. The van der Waals surface area contributed by atoms with Crippen molar-refractivity contribution < 1.29 is 4.79 Å². The SMILES string of the molecule is CCNC(=NCC(=O)N(CC)Cc1ccccc1)NCc1ccc(C)s1.